The Hall–Kier alpha value is -2.45. The van der Waals surface area contributed by atoms with Gasteiger partial charge in [0.2, 0.25) is 5.91 Å². The lowest BCUT2D eigenvalue weighted by Crippen LogP contribution is -2.49. The number of carbonyl (C=O) groups excluding carboxylic acids is 3. The van der Waals surface area contributed by atoms with Crippen molar-refractivity contribution in [3.05, 3.63) is 35.9 Å². The molecule has 2 heterocycles. The molecule has 1 aromatic rings. The van der Waals surface area contributed by atoms with Crippen molar-refractivity contribution >= 4 is 17.8 Å². The summed E-state index contributed by atoms with van der Waals surface area (Å²) in [5.74, 6) is -0.646. The lowest BCUT2D eigenvalue weighted by Gasteiger charge is -2.35. The lowest BCUT2D eigenvalue weighted by molar-refractivity contribution is -0.135. The van der Waals surface area contributed by atoms with E-state index in [0.717, 1.165) is 36.6 Å². The molecule has 1 unspecified atom stereocenters. The number of nitrogens with zero attached hydrogens (tertiary/aromatic N) is 3. The van der Waals surface area contributed by atoms with Crippen LogP contribution in [0.25, 0.3) is 0 Å². The van der Waals surface area contributed by atoms with Gasteiger partial charge in [0.15, 0.2) is 0 Å². The highest BCUT2D eigenvalue weighted by molar-refractivity contribution is 6.09. The molecule has 30 heavy (non-hydrogen) atoms. The van der Waals surface area contributed by atoms with Gasteiger partial charge in [-0.3, -0.25) is 19.4 Å². The average molecular weight is 416 g/mol. The maximum absolute atomic E-state index is 12.8. The molecule has 8 nitrogen and oxygen atoms in total. The maximum atomic E-state index is 12.8. The van der Waals surface area contributed by atoms with Crippen molar-refractivity contribution in [3.63, 3.8) is 0 Å². The van der Waals surface area contributed by atoms with Crippen molar-refractivity contribution in [1.29, 1.82) is 0 Å². The van der Waals surface area contributed by atoms with Gasteiger partial charge in [0.25, 0.3) is 5.91 Å². The third-order valence-electron chi connectivity index (χ3n) is 6.33. The van der Waals surface area contributed by atoms with E-state index in [1.54, 1.807) is 0 Å². The molecule has 2 aliphatic rings. The van der Waals surface area contributed by atoms with Crippen molar-refractivity contribution in [2.45, 2.75) is 38.3 Å². The van der Waals surface area contributed by atoms with Crippen LogP contribution < -0.4 is 10.6 Å². The molecule has 2 fully saturated rings. The Kier molecular flexibility index (Phi) is 7.10. The molecule has 3 rings (SSSR count). The summed E-state index contributed by atoms with van der Waals surface area (Å²) >= 11 is 0. The Morgan fingerprint density at radius 3 is 2.30 bits per heavy atom. The Balaban J connectivity index is 1.67. The topological polar surface area (TPSA) is 85.0 Å². The first kappa shape index (κ1) is 22.2. The van der Waals surface area contributed by atoms with Gasteiger partial charge in [0.05, 0.1) is 6.04 Å². The second-order valence-corrected chi connectivity index (χ2v) is 8.25. The summed E-state index contributed by atoms with van der Waals surface area (Å²) in [5, 5.41) is 5.83. The van der Waals surface area contributed by atoms with Crippen LogP contribution in [0.15, 0.2) is 30.3 Å². The van der Waals surface area contributed by atoms with E-state index in [1.165, 1.54) is 0 Å². The Bertz CT molecular complexity index is 757. The summed E-state index contributed by atoms with van der Waals surface area (Å²) in [6.07, 6.45) is 1.00. The summed E-state index contributed by atoms with van der Waals surface area (Å²) in [6, 6.07) is 9.14. The highest BCUT2D eigenvalue weighted by atomic mass is 16.2. The summed E-state index contributed by atoms with van der Waals surface area (Å²) in [4.78, 5) is 43.7. The molecule has 0 aromatic heterocycles. The third kappa shape index (κ3) is 4.82. The monoisotopic (exact) mass is 415 g/mol. The number of rotatable bonds is 8. The predicted octanol–water partition coefficient (Wildman–Crippen LogP) is 1.20. The van der Waals surface area contributed by atoms with Crippen LogP contribution >= 0.6 is 0 Å². The van der Waals surface area contributed by atoms with Gasteiger partial charge >= 0.3 is 6.03 Å². The average Bonchev–Trinajstić information content (AvgIpc) is 3.00. The number of benzene rings is 1. The molecule has 2 N–H and O–H groups in total. The minimum atomic E-state index is -0.893. The standard InChI is InChI=1S/C22H33N5O3/c1-4-22(5-2)20(29)27(21(30)24-22)16-19(28)23-18(17-9-7-6-8-10-17)15-26-13-11-25(3)12-14-26/h6-10,18H,4-5,11-16H2,1-3H3,(H,23,28)(H,24,30). The quantitative estimate of drug-likeness (QED) is 0.624. The molecule has 0 spiro atoms. The number of likely N-dealkylation sites (N-methyl/N-ethyl adjacent to an activating group) is 1. The smallest absolute Gasteiger partial charge is 0.325 e. The Morgan fingerprint density at radius 1 is 1.10 bits per heavy atom. The molecule has 1 aromatic carbocycles. The summed E-state index contributed by atoms with van der Waals surface area (Å²) < 4.78 is 0. The minimum Gasteiger partial charge on any atom is -0.346 e. The first-order valence-electron chi connectivity index (χ1n) is 10.8. The molecular formula is C22H33N5O3. The SMILES string of the molecule is CCC1(CC)NC(=O)N(CC(=O)NC(CN2CCN(C)CC2)c2ccccc2)C1=O. The number of hydrogen-bond donors (Lipinski definition) is 2. The van der Waals surface area contributed by atoms with E-state index in [9.17, 15) is 14.4 Å². The zero-order valence-electron chi connectivity index (χ0n) is 18.2. The summed E-state index contributed by atoms with van der Waals surface area (Å²) in [7, 11) is 2.11. The van der Waals surface area contributed by atoms with Gasteiger partial charge in [-0.25, -0.2) is 4.79 Å². The largest absolute Gasteiger partial charge is 0.346 e. The first-order chi connectivity index (χ1) is 14.4. The fraction of sp³-hybridized carbons (Fsp3) is 0.591. The normalized spacial score (nSPS) is 20.8. The van der Waals surface area contributed by atoms with Crippen LogP contribution in [-0.4, -0.2) is 84.4 Å². The zero-order chi connectivity index (χ0) is 21.7. The molecular weight excluding hydrogens is 382 g/mol. The van der Waals surface area contributed by atoms with Crippen LogP contribution in [0.4, 0.5) is 4.79 Å². The van der Waals surface area contributed by atoms with Crippen molar-refractivity contribution in [2.24, 2.45) is 0 Å². The molecule has 1 atom stereocenters. The van der Waals surface area contributed by atoms with Crippen molar-refractivity contribution in [3.8, 4) is 0 Å². The van der Waals surface area contributed by atoms with Gasteiger partial charge in [-0.2, -0.15) is 0 Å². The highest BCUT2D eigenvalue weighted by Crippen LogP contribution is 2.25. The van der Waals surface area contributed by atoms with E-state index in [-0.39, 0.29) is 24.4 Å². The number of imide groups is 1. The van der Waals surface area contributed by atoms with Gasteiger partial charge in [-0.1, -0.05) is 44.2 Å². The molecule has 0 saturated carbocycles. The fourth-order valence-corrected chi connectivity index (χ4v) is 4.14. The minimum absolute atomic E-state index is 0.204. The van der Waals surface area contributed by atoms with E-state index in [2.05, 4.69) is 27.5 Å². The molecule has 2 aliphatic heterocycles. The van der Waals surface area contributed by atoms with E-state index in [0.29, 0.717) is 19.4 Å². The second-order valence-electron chi connectivity index (χ2n) is 8.25. The van der Waals surface area contributed by atoms with Crippen LogP contribution in [0.2, 0.25) is 0 Å². The van der Waals surface area contributed by atoms with Crippen LogP contribution in [-0.2, 0) is 9.59 Å². The van der Waals surface area contributed by atoms with E-state index >= 15 is 0 Å². The van der Waals surface area contributed by atoms with Crippen LogP contribution in [0.1, 0.15) is 38.3 Å². The number of carbonyl (C=O) groups is 3. The number of hydrogen-bond acceptors (Lipinski definition) is 5. The lowest BCUT2D eigenvalue weighted by atomic mass is 9.93. The highest BCUT2D eigenvalue weighted by Gasteiger charge is 2.49. The van der Waals surface area contributed by atoms with Crippen molar-refractivity contribution < 1.29 is 14.4 Å². The maximum Gasteiger partial charge on any atom is 0.325 e. The van der Waals surface area contributed by atoms with Crippen molar-refractivity contribution in [1.82, 2.24) is 25.3 Å². The molecule has 0 aliphatic carbocycles. The van der Waals surface area contributed by atoms with E-state index in [4.69, 9.17) is 0 Å². The predicted molar refractivity (Wildman–Crippen MR) is 115 cm³/mol. The van der Waals surface area contributed by atoms with Gasteiger partial charge < -0.3 is 15.5 Å². The van der Waals surface area contributed by atoms with Gasteiger partial charge in [0.1, 0.15) is 12.1 Å². The molecule has 4 amide bonds. The first-order valence-corrected chi connectivity index (χ1v) is 10.8. The summed E-state index contributed by atoms with van der Waals surface area (Å²) in [5.41, 5.74) is 0.120. The molecule has 2 saturated heterocycles. The van der Waals surface area contributed by atoms with E-state index < -0.39 is 11.6 Å². The molecule has 0 bridgehead atoms. The van der Waals surface area contributed by atoms with Crippen LogP contribution in [0, 0.1) is 0 Å². The number of urea groups is 1. The van der Waals surface area contributed by atoms with Crippen LogP contribution in [0.5, 0.6) is 0 Å². The number of amides is 4. The second kappa shape index (κ2) is 9.57. The zero-order valence-corrected chi connectivity index (χ0v) is 18.2. The van der Waals surface area contributed by atoms with E-state index in [1.807, 2.05) is 44.2 Å². The summed E-state index contributed by atoms with van der Waals surface area (Å²) in [6.45, 7) is 8.04. The van der Waals surface area contributed by atoms with Gasteiger partial charge in [-0.05, 0) is 25.5 Å². The number of nitrogens with one attached hydrogen (secondary N) is 2. The van der Waals surface area contributed by atoms with Gasteiger partial charge in [0, 0.05) is 32.7 Å². The Morgan fingerprint density at radius 2 is 1.73 bits per heavy atom. The molecule has 164 valence electrons. The van der Waals surface area contributed by atoms with Gasteiger partial charge in [-0.15, -0.1) is 0 Å². The number of piperazine rings is 1. The third-order valence-corrected chi connectivity index (χ3v) is 6.33. The van der Waals surface area contributed by atoms with Crippen LogP contribution in [0.3, 0.4) is 0 Å². The van der Waals surface area contributed by atoms with Crippen molar-refractivity contribution in [2.75, 3.05) is 46.3 Å². The molecule has 8 heteroatoms. The fourth-order valence-electron chi connectivity index (χ4n) is 4.14. The Labute approximate surface area is 178 Å². The molecule has 0 radical (unpaired) electrons.